The van der Waals surface area contributed by atoms with Crippen LogP contribution < -0.4 is 4.72 Å². The van der Waals surface area contributed by atoms with Crippen LogP contribution in [0.1, 0.15) is 27.3 Å². The van der Waals surface area contributed by atoms with E-state index in [9.17, 15) is 18.3 Å². The second-order valence-electron chi connectivity index (χ2n) is 9.65. The number of sulfonamides is 1. The predicted molar refractivity (Wildman–Crippen MR) is 169 cm³/mol. The minimum atomic E-state index is -3.37. The fourth-order valence-electron chi connectivity index (χ4n) is 4.40. The molecule has 0 bridgehead atoms. The van der Waals surface area contributed by atoms with Crippen molar-refractivity contribution >= 4 is 57.0 Å². The monoisotopic (exact) mass is 617 g/mol. The van der Waals surface area contributed by atoms with Crippen LogP contribution in [0.2, 0.25) is 10.0 Å². The molecule has 1 aromatic heterocycles. The van der Waals surface area contributed by atoms with E-state index in [1.807, 2.05) is 59.3 Å². The molecule has 0 unspecified atom stereocenters. The molecule has 7 nitrogen and oxygen atoms in total. The molecule has 0 saturated heterocycles. The van der Waals surface area contributed by atoms with E-state index in [1.165, 1.54) is 0 Å². The van der Waals surface area contributed by atoms with Crippen molar-refractivity contribution in [2.24, 2.45) is 0 Å². The first-order valence-corrected chi connectivity index (χ1v) is 15.4. The number of carbonyl (C=O) groups is 1. The van der Waals surface area contributed by atoms with Crippen molar-refractivity contribution in [1.82, 2.24) is 9.55 Å². The third-order valence-electron chi connectivity index (χ3n) is 6.40. The molecule has 0 aliphatic heterocycles. The largest absolute Gasteiger partial charge is 0.478 e. The highest BCUT2D eigenvalue weighted by Crippen LogP contribution is 2.31. The summed E-state index contributed by atoms with van der Waals surface area (Å²) in [6.07, 6.45) is 6.88. The molecule has 0 fully saturated rings. The van der Waals surface area contributed by atoms with Crippen molar-refractivity contribution in [2.45, 2.75) is 6.54 Å². The van der Waals surface area contributed by atoms with Crippen molar-refractivity contribution in [1.29, 1.82) is 0 Å². The van der Waals surface area contributed by atoms with Crippen molar-refractivity contribution in [3.63, 3.8) is 0 Å². The molecule has 10 heteroatoms. The lowest BCUT2D eigenvalue weighted by Crippen LogP contribution is -2.09. The summed E-state index contributed by atoms with van der Waals surface area (Å²) in [5.41, 5.74) is 5.82. The minimum Gasteiger partial charge on any atom is -0.478 e. The number of benzene rings is 4. The van der Waals surface area contributed by atoms with E-state index in [-0.39, 0.29) is 5.56 Å². The zero-order valence-corrected chi connectivity index (χ0v) is 24.7. The molecule has 2 N–H and O–H groups in total. The first kappa shape index (κ1) is 29.1. The third-order valence-corrected chi connectivity index (χ3v) is 7.56. The van der Waals surface area contributed by atoms with Crippen molar-refractivity contribution in [2.75, 3.05) is 11.0 Å². The Balaban J connectivity index is 1.43. The fourth-order valence-corrected chi connectivity index (χ4v) is 5.46. The summed E-state index contributed by atoms with van der Waals surface area (Å²) in [5.74, 6) is -0.293. The Kier molecular flexibility index (Phi) is 8.49. The van der Waals surface area contributed by atoms with Gasteiger partial charge < -0.3 is 9.67 Å². The van der Waals surface area contributed by atoms with Crippen LogP contribution >= 0.6 is 23.2 Å². The van der Waals surface area contributed by atoms with E-state index in [2.05, 4.69) is 4.72 Å². The Bertz CT molecular complexity index is 1900. The number of hydrogen-bond acceptors (Lipinski definition) is 4. The predicted octanol–water partition coefficient (Wildman–Crippen LogP) is 7.81. The van der Waals surface area contributed by atoms with Gasteiger partial charge in [0, 0.05) is 29.0 Å². The second kappa shape index (κ2) is 12.2. The number of halogens is 2. The molecule has 212 valence electrons. The number of anilines is 1. The molecule has 0 aliphatic rings. The highest BCUT2D eigenvalue weighted by atomic mass is 35.5. The number of nitrogens with one attached hydrogen (secondary N) is 1. The molecule has 0 spiro atoms. The average molecular weight is 619 g/mol. The van der Waals surface area contributed by atoms with Crippen LogP contribution in [-0.2, 0) is 16.6 Å². The topological polar surface area (TPSA) is 101 Å². The van der Waals surface area contributed by atoms with E-state index in [0.717, 1.165) is 34.1 Å². The van der Waals surface area contributed by atoms with Gasteiger partial charge in [-0.2, -0.15) is 0 Å². The van der Waals surface area contributed by atoms with Gasteiger partial charge in [0.25, 0.3) is 0 Å². The Morgan fingerprint density at radius 1 is 0.929 bits per heavy atom. The molecule has 42 heavy (non-hydrogen) atoms. The quantitative estimate of drug-likeness (QED) is 0.176. The number of aromatic carboxylic acids is 1. The summed E-state index contributed by atoms with van der Waals surface area (Å²) in [4.78, 5) is 16.1. The first-order chi connectivity index (χ1) is 20.0. The number of imidazole rings is 1. The number of aromatic nitrogens is 2. The van der Waals surface area contributed by atoms with Gasteiger partial charge in [0.2, 0.25) is 10.0 Å². The molecular weight excluding hydrogens is 593 g/mol. The summed E-state index contributed by atoms with van der Waals surface area (Å²) in [6.45, 7) is 0.467. The Morgan fingerprint density at radius 2 is 1.67 bits per heavy atom. The molecule has 0 saturated carbocycles. The van der Waals surface area contributed by atoms with Crippen LogP contribution in [0, 0.1) is 0 Å². The van der Waals surface area contributed by atoms with Gasteiger partial charge in [-0.3, -0.25) is 4.72 Å². The molecule has 4 aromatic carbocycles. The number of hydrogen-bond donors (Lipinski definition) is 2. The van der Waals surface area contributed by atoms with Crippen LogP contribution in [0.25, 0.3) is 34.5 Å². The highest BCUT2D eigenvalue weighted by Gasteiger charge is 2.13. The van der Waals surface area contributed by atoms with Gasteiger partial charge in [0.1, 0.15) is 5.82 Å². The van der Waals surface area contributed by atoms with Crippen molar-refractivity contribution in [3.8, 4) is 22.4 Å². The average Bonchev–Trinajstić information content (AvgIpc) is 3.33. The lowest BCUT2D eigenvalue weighted by molar-refractivity contribution is 0.0697. The van der Waals surface area contributed by atoms with Gasteiger partial charge in [-0.05, 0) is 70.8 Å². The standard InChI is InChI=1S/C32H25Cl2N3O4S/c1-42(40,41)36-27-4-2-3-25(17-27)23-10-5-21(6-11-23)9-16-31-35-30(28-15-14-26(33)18-29(28)34)20-37(31)19-22-7-12-24(13-8-22)32(38)39/h2-18,20,36H,19H2,1H3,(H,38,39). The lowest BCUT2D eigenvalue weighted by Gasteiger charge is -2.07. The van der Waals surface area contributed by atoms with Gasteiger partial charge in [0.15, 0.2) is 0 Å². The van der Waals surface area contributed by atoms with E-state index < -0.39 is 16.0 Å². The van der Waals surface area contributed by atoms with Crippen molar-refractivity contribution < 1.29 is 18.3 Å². The van der Waals surface area contributed by atoms with Crippen LogP contribution in [0.4, 0.5) is 5.69 Å². The maximum absolute atomic E-state index is 11.6. The molecular formula is C32H25Cl2N3O4S. The number of carboxylic acids is 1. The molecule has 5 aromatic rings. The van der Waals surface area contributed by atoms with E-state index in [1.54, 1.807) is 54.6 Å². The Labute approximate surface area is 253 Å². The molecule has 0 aliphatic carbocycles. The van der Waals surface area contributed by atoms with Crippen LogP contribution in [0.3, 0.4) is 0 Å². The van der Waals surface area contributed by atoms with Crippen LogP contribution in [0.5, 0.6) is 0 Å². The van der Waals surface area contributed by atoms with Crippen LogP contribution in [0.15, 0.2) is 97.2 Å². The second-order valence-corrected chi connectivity index (χ2v) is 12.2. The van der Waals surface area contributed by atoms with E-state index in [0.29, 0.717) is 33.8 Å². The number of rotatable bonds is 9. The SMILES string of the molecule is CS(=O)(=O)Nc1cccc(-c2ccc(C=Cc3nc(-c4ccc(Cl)cc4Cl)cn3Cc3ccc(C(=O)O)cc3)cc2)c1. The molecule has 0 radical (unpaired) electrons. The summed E-state index contributed by atoms with van der Waals surface area (Å²) in [6, 6.07) is 27.1. The number of nitrogens with zero attached hydrogens (tertiary/aromatic N) is 2. The summed E-state index contributed by atoms with van der Waals surface area (Å²) in [5, 5.41) is 10.2. The summed E-state index contributed by atoms with van der Waals surface area (Å²) < 4.78 is 27.7. The summed E-state index contributed by atoms with van der Waals surface area (Å²) >= 11 is 12.6. The Hall–Kier alpha value is -4.37. The fraction of sp³-hybridized carbons (Fsp3) is 0.0625. The van der Waals surface area contributed by atoms with Crippen LogP contribution in [-0.4, -0.2) is 35.3 Å². The molecule has 1 heterocycles. The van der Waals surface area contributed by atoms with E-state index >= 15 is 0 Å². The van der Waals surface area contributed by atoms with Gasteiger partial charge in [-0.25, -0.2) is 18.2 Å². The molecule has 0 atom stereocenters. The zero-order chi connectivity index (χ0) is 29.9. The van der Waals surface area contributed by atoms with E-state index in [4.69, 9.17) is 28.2 Å². The van der Waals surface area contributed by atoms with Gasteiger partial charge in [-0.15, -0.1) is 0 Å². The summed E-state index contributed by atoms with van der Waals surface area (Å²) in [7, 11) is -3.37. The minimum absolute atomic E-state index is 0.222. The highest BCUT2D eigenvalue weighted by molar-refractivity contribution is 7.92. The lowest BCUT2D eigenvalue weighted by atomic mass is 10.0. The normalized spacial score (nSPS) is 11.6. The Morgan fingerprint density at radius 3 is 2.33 bits per heavy atom. The third kappa shape index (κ3) is 7.28. The van der Waals surface area contributed by atoms with Gasteiger partial charge in [-0.1, -0.05) is 77.8 Å². The number of carboxylic acid groups (broad SMARTS) is 1. The first-order valence-electron chi connectivity index (χ1n) is 12.8. The molecule has 5 rings (SSSR count). The maximum atomic E-state index is 11.6. The maximum Gasteiger partial charge on any atom is 0.335 e. The van der Waals surface area contributed by atoms with Gasteiger partial charge in [0.05, 0.1) is 22.5 Å². The van der Waals surface area contributed by atoms with Gasteiger partial charge >= 0.3 is 5.97 Å². The molecule has 0 amide bonds. The smallest absolute Gasteiger partial charge is 0.335 e. The zero-order valence-electron chi connectivity index (χ0n) is 22.3. The van der Waals surface area contributed by atoms with Crippen molar-refractivity contribution in [3.05, 3.63) is 130 Å².